The lowest BCUT2D eigenvalue weighted by Crippen LogP contribution is -1.93. The number of imidazole rings is 1. The van der Waals surface area contributed by atoms with Crippen molar-refractivity contribution in [2.45, 2.75) is 0 Å². The summed E-state index contributed by atoms with van der Waals surface area (Å²) in [7, 11) is 1.53. The first-order chi connectivity index (χ1) is 6.76. The Morgan fingerprint density at radius 3 is 3.00 bits per heavy atom. The highest BCUT2D eigenvalue weighted by molar-refractivity contribution is 5.77. The number of benzene rings is 1. The van der Waals surface area contributed by atoms with Crippen LogP contribution in [-0.4, -0.2) is 22.0 Å². The molecule has 1 aromatic heterocycles. The van der Waals surface area contributed by atoms with Crippen molar-refractivity contribution in [1.29, 1.82) is 5.26 Å². The minimum absolute atomic E-state index is 0.0340. The van der Waals surface area contributed by atoms with E-state index in [1.807, 2.05) is 0 Å². The number of methoxy groups -OCH3 is 1. The zero-order valence-corrected chi connectivity index (χ0v) is 7.43. The molecule has 0 saturated heterocycles. The highest BCUT2D eigenvalue weighted by atomic mass is 16.5. The maximum absolute atomic E-state index is 9.49. The van der Waals surface area contributed by atoms with Crippen molar-refractivity contribution in [2.75, 3.05) is 7.11 Å². The first-order valence-corrected chi connectivity index (χ1v) is 3.92. The monoisotopic (exact) mass is 189 g/mol. The van der Waals surface area contributed by atoms with Crippen LogP contribution in [0.25, 0.3) is 11.0 Å². The van der Waals surface area contributed by atoms with Gasteiger partial charge in [0.05, 0.1) is 12.6 Å². The molecular weight excluding hydrogens is 182 g/mol. The average Bonchev–Trinajstić information content (AvgIpc) is 2.55. The number of nitriles is 1. The molecule has 0 spiro atoms. The van der Waals surface area contributed by atoms with Crippen LogP contribution in [0.2, 0.25) is 0 Å². The van der Waals surface area contributed by atoms with E-state index in [0.29, 0.717) is 16.8 Å². The van der Waals surface area contributed by atoms with Gasteiger partial charge in [-0.25, -0.2) is 4.98 Å². The molecule has 0 saturated carbocycles. The van der Waals surface area contributed by atoms with Gasteiger partial charge in [-0.2, -0.15) is 9.99 Å². The summed E-state index contributed by atoms with van der Waals surface area (Å²) in [6, 6.07) is 6.80. The van der Waals surface area contributed by atoms with Crippen LogP contribution >= 0.6 is 0 Å². The Balaban J connectivity index is 2.76. The third-order valence-electron chi connectivity index (χ3n) is 1.94. The molecule has 0 radical (unpaired) electrons. The minimum atomic E-state index is -0.0340. The first-order valence-electron chi connectivity index (χ1n) is 3.92. The van der Waals surface area contributed by atoms with E-state index in [1.54, 1.807) is 24.3 Å². The summed E-state index contributed by atoms with van der Waals surface area (Å²) < 4.78 is 5.73. The van der Waals surface area contributed by atoms with E-state index in [9.17, 15) is 5.21 Å². The summed E-state index contributed by atoms with van der Waals surface area (Å²) in [6.07, 6.45) is 0. The second-order valence-electron chi connectivity index (χ2n) is 2.71. The van der Waals surface area contributed by atoms with Crippen molar-refractivity contribution in [1.82, 2.24) is 9.71 Å². The molecular formula is C9H7N3O2. The van der Waals surface area contributed by atoms with E-state index in [0.717, 1.165) is 4.73 Å². The zero-order chi connectivity index (χ0) is 10.1. The van der Waals surface area contributed by atoms with Crippen LogP contribution in [0.3, 0.4) is 0 Å². The van der Waals surface area contributed by atoms with E-state index in [1.165, 1.54) is 7.11 Å². The fourth-order valence-corrected chi connectivity index (χ4v) is 1.24. The second-order valence-corrected chi connectivity index (χ2v) is 2.71. The predicted molar refractivity (Wildman–Crippen MR) is 48.2 cm³/mol. The molecule has 1 aromatic carbocycles. The van der Waals surface area contributed by atoms with Gasteiger partial charge in [0.25, 0.3) is 0 Å². The molecule has 0 fully saturated rings. The van der Waals surface area contributed by atoms with Gasteiger partial charge >= 0.3 is 0 Å². The molecule has 14 heavy (non-hydrogen) atoms. The van der Waals surface area contributed by atoms with E-state index < -0.39 is 0 Å². The highest BCUT2D eigenvalue weighted by Gasteiger charge is 2.09. The maximum atomic E-state index is 9.49. The third kappa shape index (κ3) is 1.05. The molecule has 0 amide bonds. The first kappa shape index (κ1) is 8.38. The number of fused-ring (bicyclic) bond motifs is 1. The SMILES string of the molecule is COc1ccc2nc(C#N)n(O)c2c1. The van der Waals surface area contributed by atoms with Gasteiger partial charge in [0.2, 0.25) is 5.82 Å². The smallest absolute Gasteiger partial charge is 0.247 e. The van der Waals surface area contributed by atoms with Crippen molar-refractivity contribution < 1.29 is 9.94 Å². The van der Waals surface area contributed by atoms with Gasteiger partial charge in [0.1, 0.15) is 17.3 Å². The number of nitrogens with zero attached hydrogens (tertiary/aromatic N) is 3. The highest BCUT2D eigenvalue weighted by Crippen LogP contribution is 2.20. The molecule has 5 heteroatoms. The van der Waals surface area contributed by atoms with Gasteiger partial charge in [0, 0.05) is 6.07 Å². The quantitative estimate of drug-likeness (QED) is 0.683. The van der Waals surface area contributed by atoms with Gasteiger partial charge in [-0.05, 0) is 12.1 Å². The Morgan fingerprint density at radius 1 is 1.57 bits per heavy atom. The van der Waals surface area contributed by atoms with E-state index >= 15 is 0 Å². The summed E-state index contributed by atoms with van der Waals surface area (Å²) in [4.78, 5) is 3.90. The molecule has 0 bridgehead atoms. The lowest BCUT2D eigenvalue weighted by atomic mass is 10.3. The summed E-state index contributed by atoms with van der Waals surface area (Å²) in [5, 5.41) is 18.1. The Hall–Kier alpha value is -2.22. The Kier molecular flexibility index (Phi) is 1.75. The predicted octanol–water partition coefficient (Wildman–Crippen LogP) is 1.15. The number of hydrogen-bond acceptors (Lipinski definition) is 4. The minimum Gasteiger partial charge on any atom is -0.497 e. The number of ether oxygens (including phenoxy) is 1. The zero-order valence-electron chi connectivity index (χ0n) is 7.43. The average molecular weight is 189 g/mol. The lowest BCUT2D eigenvalue weighted by molar-refractivity contribution is 0.195. The molecule has 0 aliphatic heterocycles. The fourth-order valence-electron chi connectivity index (χ4n) is 1.24. The van der Waals surface area contributed by atoms with Crippen LogP contribution < -0.4 is 4.74 Å². The maximum Gasteiger partial charge on any atom is 0.247 e. The molecule has 0 aliphatic carbocycles. The van der Waals surface area contributed by atoms with Crippen LogP contribution in [0.1, 0.15) is 5.82 Å². The van der Waals surface area contributed by atoms with Crippen LogP contribution in [0.15, 0.2) is 18.2 Å². The molecule has 1 N–H and O–H groups in total. The van der Waals surface area contributed by atoms with Crippen molar-refractivity contribution in [2.24, 2.45) is 0 Å². The van der Waals surface area contributed by atoms with E-state index in [-0.39, 0.29) is 5.82 Å². The van der Waals surface area contributed by atoms with Crippen molar-refractivity contribution in [3.8, 4) is 11.8 Å². The van der Waals surface area contributed by atoms with Gasteiger partial charge in [-0.15, -0.1) is 0 Å². The Labute approximate surface area is 79.7 Å². The Morgan fingerprint density at radius 2 is 2.36 bits per heavy atom. The van der Waals surface area contributed by atoms with Crippen LogP contribution in [0.5, 0.6) is 5.75 Å². The fraction of sp³-hybridized carbons (Fsp3) is 0.111. The topological polar surface area (TPSA) is 71.1 Å². The van der Waals surface area contributed by atoms with Crippen LogP contribution in [-0.2, 0) is 0 Å². The molecule has 70 valence electrons. The standard InChI is InChI=1S/C9H7N3O2/c1-14-6-2-3-7-8(4-6)12(13)9(5-10)11-7/h2-4,13H,1H3. The molecule has 1 heterocycles. The van der Waals surface area contributed by atoms with Crippen molar-refractivity contribution >= 4 is 11.0 Å². The summed E-state index contributed by atoms with van der Waals surface area (Å²) in [6.45, 7) is 0. The largest absolute Gasteiger partial charge is 0.497 e. The van der Waals surface area contributed by atoms with Gasteiger partial charge in [0.15, 0.2) is 0 Å². The van der Waals surface area contributed by atoms with E-state index in [4.69, 9.17) is 10.00 Å². The molecule has 2 aromatic rings. The molecule has 0 unspecified atom stereocenters. The number of aromatic nitrogens is 2. The van der Waals surface area contributed by atoms with E-state index in [2.05, 4.69) is 4.98 Å². The van der Waals surface area contributed by atoms with Crippen molar-refractivity contribution in [3.05, 3.63) is 24.0 Å². The summed E-state index contributed by atoms with van der Waals surface area (Å²) in [5.41, 5.74) is 1.02. The Bertz CT molecular complexity index is 525. The molecule has 2 rings (SSSR count). The molecule has 0 aliphatic rings. The van der Waals surface area contributed by atoms with Gasteiger partial charge in [-0.3, -0.25) is 0 Å². The van der Waals surface area contributed by atoms with Gasteiger partial charge in [-0.1, -0.05) is 0 Å². The normalized spacial score (nSPS) is 10.0. The van der Waals surface area contributed by atoms with Crippen LogP contribution in [0.4, 0.5) is 0 Å². The second kappa shape index (κ2) is 2.92. The van der Waals surface area contributed by atoms with Crippen molar-refractivity contribution in [3.63, 3.8) is 0 Å². The third-order valence-corrected chi connectivity index (χ3v) is 1.94. The number of rotatable bonds is 1. The molecule has 5 nitrogen and oxygen atoms in total. The molecule has 0 atom stereocenters. The lowest BCUT2D eigenvalue weighted by Gasteiger charge is -1.98. The van der Waals surface area contributed by atoms with Crippen LogP contribution in [0, 0.1) is 11.3 Å². The summed E-state index contributed by atoms with van der Waals surface area (Å²) in [5.74, 6) is 0.574. The number of hydrogen-bond donors (Lipinski definition) is 1. The van der Waals surface area contributed by atoms with Gasteiger partial charge < -0.3 is 9.94 Å². The summed E-state index contributed by atoms with van der Waals surface area (Å²) >= 11 is 0.